The van der Waals surface area contributed by atoms with Gasteiger partial charge >= 0.3 is 0 Å². The van der Waals surface area contributed by atoms with Gasteiger partial charge in [0.1, 0.15) is 11.5 Å². The summed E-state index contributed by atoms with van der Waals surface area (Å²) < 4.78 is 14.0. The molecular weight excluding hydrogens is 385 g/mol. The normalized spacial score (nSPS) is 15.3. The molecule has 4 nitrogen and oxygen atoms in total. The summed E-state index contributed by atoms with van der Waals surface area (Å²) in [5, 5.41) is 0.542. The molecular formula is C20H19ClFN3OS. The third-order valence-corrected chi connectivity index (χ3v) is 6.04. The van der Waals surface area contributed by atoms with E-state index in [0.29, 0.717) is 29.4 Å². The Labute approximate surface area is 166 Å². The van der Waals surface area contributed by atoms with Crippen molar-refractivity contribution in [2.45, 2.75) is 6.54 Å². The van der Waals surface area contributed by atoms with Crippen molar-refractivity contribution in [2.24, 2.45) is 0 Å². The zero-order chi connectivity index (χ0) is 18.8. The Hall–Kier alpha value is -2.15. The molecule has 0 aliphatic carbocycles. The van der Waals surface area contributed by atoms with Gasteiger partial charge in [-0.3, -0.25) is 9.69 Å². The van der Waals surface area contributed by atoms with E-state index in [1.807, 2.05) is 23.1 Å². The van der Waals surface area contributed by atoms with Crippen molar-refractivity contribution < 1.29 is 9.18 Å². The molecule has 0 saturated carbocycles. The van der Waals surface area contributed by atoms with Crippen LogP contribution in [0.1, 0.15) is 15.4 Å². The van der Waals surface area contributed by atoms with E-state index in [-0.39, 0.29) is 11.7 Å². The predicted octanol–water partition coefficient (Wildman–Crippen LogP) is 4.49. The molecule has 27 heavy (non-hydrogen) atoms. The standard InChI is InChI=1S/C20H19ClFN3OS/c21-14-11-18(23-12-14)20(26)25-9-7-24(8-10-25)13-15-5-6-19(27-15)16-3-1-2-4-17(16)22/h1-6,11-12,23H,7-10,13H2. The number of aromatic amines is 1. The van der Waals surface area contributed by atoms with E-state index in [4.69, 9.17) is 11.6 Å². The number of H-pyrrole nitrogens is 1. The summed E-state index contributed by atoms with van der Waals surface area (Å²) in [7, 11) is 0. The van der Waals surface area contributed by atoms with Crippen LogP contribution in [0.3, 0.4) is 0 Å². The maximum Gasteiger partial charge on any atom is 0.270 e. The molecule has 0 spiro atoms. The fourth-order valence-electron chi connectivity index (χ4n) is 3.26. The Morgan fingerprint density at radius 1 is 1.15 bits per heavy atom. The highest BCUT2D eigenvalue weighted by Crippen LogP contribution is 2.30. The Morgan fingerprint density at radius 2 is 1.93 bits per heavy atom. The minimum absolute atomic E-state index is 0.0143. The third kappa shape index (κ3) is 4.08. The van der Waals surface area contributed by atoms with Gasteiger partial charge in [-0.1, -0.05) is 29.8 Å². The van der Waals surface area contributed by atoms with Gasteiger partial charge in [0.15, 0.2) is 0 Å². The highest BCUT2D eigenvalue weighted by atomic mass is 35.5. The Kier molecular flexibility index (Phi) is 5.29. The number of amides is 1. The summed E-state index contributed by atoms with van der Waals surface area (Å²) in [4.78, 5) is 21.7. The first-order chi connectivity index (χ1) is 13.1. The van der Waals surface area contributed by atoms with Crippen molar-refractivity contribution in [3.8, 4) is 10.4 Å². The molecule has 3 heterocycles. The van der Waals surface area contributed by atoms with Gasteiger partial charge in [-0.05, 0) is 24.3 Å². The van der Waals surface area contributed by atoms with Gasteiger partial charge in [0.05, 0.1) is 5.02 Å². The predicted molar refractivity (Wildman–Crippen MR) is 107 cm³/mol. The Balaban J connectivity index is 1.35. The first kappa shape index (κ1) is 18.2. The summed E-state index contributed by atoms with van der Waals surface area (Å²) in [6.45, 7) is 3.80. The van der Waals surface area contributed by atoms with E-state index < -0.39 is 0 Å². The van der Waals surface area contributed by atoms with E-state index in [9.17, 15) is 9.18 Å². The van der Waals surface area contributed by atoms with Crippen LogP contribution in [0, 0.1) is 5.82 Å². The number of nitrogens with zero attached hydrogens (tertiary/aromatic N) is 2. The zero-order valence-electron chi connectivity index (χ0n) is 14.6. The molecule has 1 saturated heterocycles. The van der Waals surface area contributed by atoms with Crippen molar-refractivity contribution in [3.63, 3.8) is 0 Å². The van der Waals surface area contributed by atoms with E-state index in [1.165, 1.54) is 10.9 Å². The number of aromatic nitrogens is 1. The quantitative estimate of drug-likeness (QED) is 0.697. The minimum Gasteiger partial charge on any atom is -0.356 e. The minimum atomic E-state index is -0.192. The smallest absolute Gasteiger partial charge is 0.270 e. The molecule has 4 rings (SSSR count). The molecule has 1 aliphatic heterocycles. The number of carbonyl (C=O) groups is 1. The number of hydrogen-bond donors (Lipinski definition) is 1. The fourth-order valence-corrected chi connectivity index (χ4v) is 4.50. The SMILES string of the molecule is O=C(c1cc(Cl)c[nH]1)N1CCN(Cc2ccc(-c3ccccc3F)s2)CC1. The van der Waals surface area contributed by atoms with E-state index in [2.05, 4.69) is 16.0 Å². The van der Waals surface area contributed by atoms with Crippen LogP contribution in [0.2, 0.25) is 5.02 Å². The number of thiophene rings is 1. The second kappa shape index (κ2) is 7.84. The number of rotatable bonds is 4. The molecule has 2 aromatic heterocycles. The lowest BCUT2D eigenvalue weighted by molar-refractivity contribution is 0.0624. The zero-order valence-corrected chi connectivity index (χ0v) is 16.2. The number of halogens is 2. The van der Waals surface area contributed by atoms with Gasteiger partial charge in [0.2, 0.25) is 0 Å². The second-order valence-corrected chi connectivity index (χ2v) is 8.15. The molecule has 1 fully saturated rings. The molecule has 140 valence electrons. The molecule has 0 atom stereocenters. The molecule has 0 radical (unpaired) electrons. The Bertz CT molecular complexity index is 946. The first-order valence-corrected chi connectivity index (χ1v) is 9.99. The van der Waals surface area contributed by atoms with Crippen LogP contribution in [0.25, 0.3) is 10.4 Å². The van der Waals surface area contributed by atoms with Gasteiger partial charge in [-0.15, -0.1) is 11.3 Å². The number of carbonyl (C=O) groups excluding carboxylic acids is 1. The van der Waals surface area contributed by atoms with Crippen LogP contribution in [0.5, 0.6) is 0 Å². The summed E-state index contributed by atoms with van der Waals surface area (Å²) in [5.74, 6) is -0.207. The largest absolute Gasteiger partial charge is 0.356 e. The highest BCUT2D eigenvalue weighted by Gasteiger charge is 2.23. The highest BCUT2D eigenvalue weighted by molar-refractivity contribution is 7.15. The van der Waals surface area contributed by atoms with Crippen LogP contribution in [-0.4, -0.2) is 46.9 Å². The van der Waals surface area contributed by atoms with Gasteiger partial charge in [0.25, 0.3) is 5.91 Å². The van der Waals surface area contributed by atoms with Gasteiger partial charge in [0, 0.05) is 54.2 Å². The average Bonchev–Trinajstić information content (AvgIpc) is 3.31. The molecule has 1 amide bonds. The van der Waals surface area contributed by atoms with Crippen LogP contribution in [0.4, 0.5) is 4.39 Å². The second-order valence-electron chi connectivity index (χ2n) is 6.55. The fraction of sp³-hybridized carbons (Fsp3) is 0.250. The van der Waals surface area contributed by atoms with E-state index in [0.717, 1.165) is 24.5 Å². The summed E-state index contributed by atoms with van der Waals surface area (Å²) in [6.07, 6.45) is 1.62. The third-order valence-electron chi connectivity index (χ3n) is 4.72. The van der Waals surface area contributed by atoms with Gasteiger partial charge in [-0.2, -0.15) is 0 Å². The average molecular weight is 404 g/mol. The van der Waals surface area contributed by atoms with Crippen molar-refractivity contribution in [2.75, 3.05) is 26.2 Å². The molecule has 1 aromatic carbocycles. The topological polar surface area (TPSA) is 39.3 Å². The Morgan fingerprint density at radius 3 is 2.63 bits per heavy atom. The van der Waals surface area contributed by atoms with E-state index in [1.54, 1.807) is 29.7 Å². The van der Waals surface area contributed by atoms with Crippen LogP contribution in [0.15, 0.2) is 48.7 Å². The first-order valence-electron chi connectivity index (χ1n) is 8.79. The molecule has 1 N–H and O–H groups in total. The molecule has 3 aromatic rings. The molecule has 0 bridgehead atoms. The summed E-state index contributed by atoms with van der Waals surface area (Å²) in [6, 6.07) is 12.6. The summed E-state index contributed by atoms with van der Waals surface area (Å²) in [5.41, 5.74) is 1.18. The molecule has 1 aliphatic rings. The van der Waals surface area contributed by atoms with Gasteiger partial charge < -0.3 is 9.88 Å². The van der Waals surface area contributed by atoms with E-state index >= 15 is 0 Å². The lowest BCUT2D eigenvalue weighted by Gasteiger charge is -2.34. The summed E-state index contributed by atoms with van der Waals surface area (Å²) >= 11 is 7.50. The maximum absolute atomic E-state index is 14.0. The van der Waals surface area contributed by atoms with Crippen molar-refractivity contribution in [1.82, 2.24) is 14.8 Å². The van der Waals surface area contributed by atoms with Crippen molar-refractivity contribution >= 4 is 28.8 Å². The lowest BCUT2D eigenvalue weighted by atomic mass is 10.2. The molecule has 0 unspecified atom stereocenters. The van der Waals surface area contributed by atoms with Crippen LogP contribution >= 0.6 is 22.9 Å². The monoisotopic (exact) mass is 403 g/mol. The van der Waals surface area contributed by atoms with Gasteiger partial charge in [-0.25, -0.2) is 4.39 Å². The van der Waals surface area contributed by atoms with Crippen molar-refractivity contribution in [1.29, 1.82) is 0 Å². The number of hydrogen-bond acceptors (Lipinski definition) is 3. The van der Waals surface area contributed by atoms with Crippen molar-refractivity contribution in [3.05, 3.63) is 70.1 Å². The maximum atomic E-state index is 14.0. The number of benzene rings is 1. The molecule has 7 heteroatoms. The lowest BCUT2D eigenvalue weighted by Crippen LogP contribution is -2.48. The van der Waals surface area contributed by atoms with Crippen LogP contribution < -0.4 is 0 Å². The number of nitrogens with one attached hydrogen (secondary N) is 1. The van der Waals surface area contributed by atoms with Crippen LogP contribution in [-0.2, 0) is 6.54 Å². The number of piperazine rings is 1.